The molecular weight excluding hydrogens is 576 g/mol. The van der Waals surface area contributed by atoms with Gasteiger partial charge in [-0.05, 0) is 104 Å². The van der Waals surface area contributed by atoms with Crippen molar-refractivity contribution in [3.63, 3.8) is 0 Å². The summed E-state index contributed by atoms with van der Waals surface area (Å²) in [6.07, 6.45) is 10.1. The van der Waals surface area contributed by atoms with E-state index in [0.717, 1.165) is 69.4 Å². The van der Waals surface area contributed by atoms with Gasteiger partial charge >= 0.3 is 5.97 Å². The van der Waals surface area contributed by atoms with E-state index in [-0.39, 0.29) is 16.5 Å². The molecule has 0 saturated heterocycles. The summed E-state index contributed by atoms with van der Waals surface area (Å²) in [6.45, 7) is 8.45. The first-order valence-electron chi connectivity index (χ1n) is 15.4. The molecule has 3 aromatic rings. The minimum Gasteiger partial charge on any atom is -0.545 e. The van der Waals surface area contributed by atoms with Gasteiger partial charge in [-0.15, -0.1) is 0 Å². The number of ether oxygens (including phenoxy) is 1. The Kier molecular flexibility index (Phi) is 7.59. The second-order valence-corrected chi connectivity index (χ2v) is 13.2. The van der Waals surface area contributed by atoms with Gasteiger partial charge in [0.15, 0.2) is 5.71 Å². The van der Waals surface area contributed by atoms with E-state index < -0.39 is 17.4 Å². The molecule has 234 valence electrons. The van der Waals surface area contributed by atoms with Crippen molar-refractivity contribution in [3.05, 3.63) is 136 Å². The third kappa shape index (κ3) is 5.15. The number of hydrogen-bond donors (Lipinski definition) is 1. The fraction of sp³-hybridized carbons (Fsp3) is 0.256. The molecule has 0 radical (unpaired) electrons. The number of benzene rings is 3. The van der Waals surface area contributed by atoms with E-state index in [1.54, 1.807) is 24.3 Å². The number of carbonyl (C=O) groups excluding carboxylic acids is 1. The Morgan fingerprint density at radius 3 is 2.28 bits per heavy atom. The van der Waals surface area contributed by atoms with Crippen molar-refractivity contribution in [2.75, 3.05) is 19.0 Å². The molecule has 0 aromatic heterocycles. The fourth-order valence-electron chi connectivity index (χ4n) is 7.05. The molecule has 46 heavy (non-hydrogen) atoms. The molecule has 0 atom stereocenters. The van der Waals surface area contributed by atoms with Crippen LogP contribution in [0.4, 0.5) is 11.4 Å². The number of nitrogens with zero attached hydrogens (tertiary/aromatic N) is 2. The number of para-hydroxylation sites is 1. The van der Waals surface area contributed by atoms with Crippen molar-refractivity contribution in [1.29, 1.82) is 0 Å². The van der Waals surface area contributed by atoms with Gasteiger partial charge in [-0.3, -0.25) is 0 Å². The van der Waals surface area contributed by atoms with Crippen LogP contribution in [-0.4, -0.2) is 41.4 Å². The predicted octanol–water partition coefficient (Wildman–Crippen LogP) is 6.68. The number of allylic oxidation sites excluding steroid dienone is 7. The lowest BCUT2D eigenvalue weighted by molar-refractivity contribution is -0.401. The van der Waals surface area contributed by atoms with E-state index in [1.165, 1.54) is 0 Å². The summed E-state index contributed by atoms with van der Waals surface area (Å²) < 4.78 is 8.67. The molecular formula is C39H38N2O5. The van der Waals surface area contributed by atoms with E-state index >= 15 is 0 Å². The number of likely N-dealkylation sites (N-methyl/N-ethyl adjacent to an activating group) is 1. The van der Waals surface area contributed by atoms with E-state index in [4.69, 9.17) is 4.74 Å². The molecule has 3 aromatic carbocycles. The third-order valence-electron chi connectivity index (χ3n) is 9.64. The highest BCUT2D eigenvalue weighted by atomic mass is 16.5. The topological polar surface area (TPSA) is 92.9 Å². The van der Waals surface area contributed by atoms with Crippen molar-refractivity contribution in [3.8, 4) is 5.75 Å². The number of aromatic carboxylic acids is 2. The van der Waals surface area contributed by atoms with Gasteiger partial charge in [-0.1, -0.05) is 38.1 Å². The van der Waals surface area contributed by atoms with Crippen LogP contribution in [0.1, 0.15) is 72.4 Å². The van der Waals surface area contributed by atoms with Crippen LogP contribution in [0.15, 0.2) is 114 Å². The normalized spacial score (nSPS) is 19.8. The Morgan fingerprint density at radius 1 is 0.891 bits per heavy atom. The van der Waals surface area contributed by atoms with E-state index in [2.05, 4.69) is 61.5 Å². The van der Waals surface area contributed by atoms with E-state index in [1.807, 2.05) is 56.6 Å². The molecule has 3 aliphatic rings. The molecule has 6 rings (SSSR count). The number of rotatable bonds is 7. The molecule has 1 N–H and O–H groups in total. The Morgan fingerprint density at radius 2 is 1.59 bits per heavy atom. The molecule has 7 nitrogen and oxygen atoms in total. The van der Waals surface area contributed by atoms with Gasteiger partial charge in [0.25, 0.3) is 0 Å². The Labute approximate surface area is 269 Å². The summed E-state index contributed by atoms with van der Waals surface area (Å²) in [5.74, 6) is -0.542. The van der Waals surface area contributed by atoms with Crippen LogP contribution < -0.4 is 14.7 Å². The minimum absolute atomic E-state index is 0.174. The maximum absolute atomic E-state index is 11.7. The van der Waals surface area contributed by atoms with Crippen LogP contribution in [0.3, 0.4) is 0 Å². The van der Waals surface area contributed by atoms with Gasteiger partial charge in [0.05, 0.1) is 16.9 Å². The smallest absolute Gasteiger partial charge is 0.335 e. The first-order valence-corrected chi connectivity index (χ1v) is 15.4. The zero-order chi connectivity index (χ0) is 33.0. The number of fused-ring (bicyclic) bond motifs is 2. The molecule has 1 aliphatic carbocycles. The van der Waals surface area contributed by atoms with Gasteiger partial charge in [0.2, 0.25) is 5.69 Å². The fourth-order valence-corrected chi connectivity index (χ4v) is 7.05. The first-order chi connectivity index (χ1) is 21.8. The number of carboxylic acids is 2. The summed E-state index contributed by atoms with van der Waals surface area (Å²) >= 11 is 0. The van der Waals surface area contributed by atoms with Gasteiger partial charge in [-0.2, -0.15) is 4.58 Å². The average molecular weight is 615 g/mol. The highest BCUT2D eigenvalue weighted by molar-refractivity contribution is 6.04. The Hall–Kier alpha value is -5.17. The van der Waals surface area contributed by atoms with Gasteiger partial charge in [-0.25, -0.2) is 4.79 Å². The second kappa shape index (κ2) is 11.3. The molecule has 0 amide bonds. The molecule has 0 fully saturated rings. The van der Waals surface area contributed by atoms with Gasteiger partial charge < -0.3 is 24.6 Å². The van der Waals surface area contributed by atoms with Crippen molar-refractivity contribution >= 4 is 29.0 Å². The van der Waals surface area contributed by atoms with Crippen molar-refractivity contribution in [2.24, 2.45) is 0 Å². The average Bonchev–Trinajstić information content (AvgIpc) is 3.56. The SMILES string of the molecule is CN1C(=CC=C2CCC(C=CC3=[N+](C)c4ccc(C(=O)[O-])cc4C3(C)C)=C2Oc2ccccc2)C(C)(C)c2cc(C(=O)O)ccc21. The maximum atomic E-state index is 11.7. The molecule has 0 bridgehead atoms. The molecule has 7 heteroatoms. The van der Waals surface area contributed by atoms with Crippen LogP contribution in [0.5, 0.6) is 5.75 Å². The highest BCUT2D eigenvalue weighted by Gasteiger charge is 2.43. The lowest BCUT2D eigenvalue weighted by Gasteiger charge is -2.24. The van der Waals surface area contributed by atoms with Crippen LogP contribution in [-0.2, 0) is 10.8 Å². The summed E-state index contributed by atoms with van der Waals surface area (Å²) in [5.41, 5.74) is 7.83. The maximum Gasteiger partial charge on any atom is 0.335 e. The van der Waals surface area contributed by atoms with Gasteiger partial charge in [0.1, 0.15) is 18.6 Å². The zero-order valence-corrected chi connectivity index (χ0v) is 27.0. The quantitative estimate of drug-likeness (QED) is 0.299. The van der Waals surface area contributed by atoms with Gasteiger partial charge in [0, 0.05) is 41.6 Å². The summed E-state index contributed by atoms with van der Waals surface area (Å²) in [4.78, 5) is 25.4. The standard InChI is InChI=1S/C39H38N2O5/c1-38(2)29-22-26(36(42)43)14-18-31(29)40(5)33(38)20-16-24-12-13-25(35(24)46-28-10-8-7-9-11-28)17-21-34-39(3,4)30-23-27(37(44)45)15-19-32(30)41(34)6/h7-11,14-23H,12-13H2,1-6H3,(H-,42,43,44,45). The molecule has 2 heterocycles. The minimum atomic E-state index is -1.18. The number of hydrogen-bond acceptors (Lipinski definition) is 5. The zero-order valence-electron chi connectivity index (χ0n) is 27.0. The molecule has 0 spiro atoms. The van der Waals surface area contributed by atoms with Crippen molar-refractivity contribution < 1.29 is 29.1 Å². The number of anilines is 1. The van der Waals surface area contributed by atoms with E-state index in [9.17, 15) is 19.8 Å². The van der Waals surface area contributed by atoms with Crippen molar-refractivity contribution in [2.45, 2.75) is 51.4 Å². The molecule has 0 unspecified atom stereocenters. The van der Waals surface area contributed by atoms with Crippen LogP contribution in [0, 0.1) is 0 Å². The summed E-state index contributed by atoms with van der Waals surface area (Å²) in [7, 11) is 4.02. The lowest BCUT2D eigenvalue weighted by Crippen LogP contribution is -2.27. The predicted molar refractivity (Wildman–Crippen MR) is 178 cm³/mol. The second-order valence-electron chi connectivity index (χ2n) is 13.2. The highest BCUT2D eigenvalue weighted by Crippen LogP contribution is 2.47. The summed E-state index contributed by atoms with van der Waals surface area (Å²) in [6, 6.07) is 20.2. The van der Waals surface area contributed by atoms with E-state index in [0.29, 0.717) is 0 Å². The Bertz CT molecular complexity index is 1940. The van der Waals surface area contributed by atoms with Crippen LogP contribution >= 0.6 is 0 Å². The number of carboxylic acid groups (broad SMARTS) is 2. The molecule has 0 saturated carbocycles. The Balaban J connectivity index is 1.38. The largest absolute Gasteiger partial charge is 0.545 e. The molecule has 2 aliphatic heterocycles. The lowest BCUT2D eigenvalue weighted by atomic mass is 9.80. The monoisotopic (exact) mass is 614 g/mol. The summed E-state index contributed by atoms with van der Waals surface area (Å²) in [5, 5.41) is 21.2. The van der Waals surface area contributed by atoms with Crippen molar-refractivity contribution in [1.82, 2.24) is 0 Å². The third-order valence-corrected chi connectivity index (χ3v) is 9.64. The first kappa shape index (κ1) is 30.8. The number of carbonyl (C=O) groups is 2. The van der Waals surface area contributed by atoms with Crippen LogP contribution in [0.25, 0.3) is 0 Å². The van der Waals surface area contributed by atoms with Crippen LogP contribution in [0.2, 0.25) is 0 Å².